The summed E-state index contributed by atoms with van der Waals surface area (Å²) < 4.78 is 80.6. The molecule has 23 heavy (non-hydrogen) atoms. The second kappa shape index (κ2) is 5.93. The molecule has 3 nitrogen and oxygen atoms in total. The maximum atomic E-state index is 14.2. The number of halogens is 4. The average molecular weight is 347 g/mol. The summed E-state index contributed by atoms with van der Waals surface area (Å²) in [7, 11) is -2.39. The Kier molecular flexibility index (Phi) is 4.50. The fourth-order valence-corrected chi connectivity index (χ4v) is 3.16. The normalized spacial score (nSPS) is 12.0. The first kappa shape index (κ1) is 17.4. The average Bonchev–Trinajstić information content (AvgIpc) is 2.49. The molecule has 0 saturated carbocycles. The zero-order chi connectivity index (χ0) is 17.5. The van der Waals surface area contributed by atoms with Crippen LogP contribution >= 0.6 is 0 Å². The van der Waals surface area contributed by atoms with Crippen molar-refractivity contribution in [1.29, 1.82) is 0 Å². The molecular weight excluding hydrogens is 334 g/mol. The van der Waals surface area contributed by atoms with Crippen LogP contribution in [0.1, 0.15) is 5.56 Å². The standard InChI is InChI=1S/C15H13F4NO2S/c1-8-4-6-9(7-5-8)10-11(16)12(17)13(18)14(19)15(10)23(21,22)20(2)3/h4-7H,1-3H3. The van der Waals surface area contributed by atoms with Gasteiger partial charge in [0.05, 0.1) is 0 Å². The van der Waals surface area contributed by atoms with Crippen LogP contribution in [0, 0.1) is 30.2 Å². The van der Waals surface area contributed by atoms with E-state index in [4.69, 9.17) is 0 Å². The Labute approximate surface area is 131 Å². The summed E-state index contributed by atoms with van der Waals surface area (Å²) in [6.45, 7) is 1.73. The van der Waals surface area contributed by atoms with E-state index in [-0.39, 0.29) is 5.56 Å². The van der Waals surface area contributed by atoms with E-state index in [0.717, 1.165) is 19.7 Å². The van der Waals surface area contributed by atoms with Gasteiger partial charge in [-0.15, -0.1) is 0 Å². The minimum absolute atomic E-state index is 0.0775. The lowest BCUT2D eigenvalue weighted by Gasteiger charge is -2.17. The molecule has 124 valence electrons. The molecule has 2 aromatic rings. The van der Waals surface area contributed by atoms with Crippen molar-refractivity contribution in [3.05, 3.63) is 53.1 Å². The lowest BCUT2D eigenvalue weighted by Crippen LogP contribution is -2.25. The van der Waals surface area contributed by atoms with Gasteiger partial charge in [0.1, 0.15) is 4.90 Å². The second-order valence-corrected chi connectivity index (χ2v) is 7.20. The molecule has 0 aliphatic rings. The van der Waals surface area contributed by atoms with Crippen molar-refractivity contribution in [2.24, 2.45) is 0 Å². The van der Waals surface area contributed by atoms with Crippen LogP contribution in [-0.4, -0.2) is 26.8 Å². The summed E-state index contributed by atoms with van der Waals surface area (Å²) in [5, 5.41) is 0. The fraction of sp³-hybridized carbons (Fsp3) is 0.200. The van der Waals surface area contributed by atoms with Crippen molar-refractivity contribution in [2.45, 2.75) is 11.8 Å². The molecule has 0 aliphatic carbocycles. The van der Waals surface area contributed by atoms with Crippen molar-refractivity contribution in [3.8, 4) is 11.1 Å². The topological polar surface area (TPSA) is 37.4 Å². The SMILES string of the molecule is Cc1ccc(-c2c(F)c(F)c(F)c(F)c2S(=O)(=O)N(C)C)cc1. The number of sulfonamides is 1. The molecule has 2 aromatic carbocycles. The van der Waals surface area contributed by atoms with Gasteiger partial charge >= 0.3 is 0 Å². The minimum Gasteiger partial charge on any atom is -0.207 e. The van der Waals surface area contributed by atoms with Crippen molar-refractivity contribution in [2.75, 3.05) is 14.1 Å². The Balaban J connectivity index is 2.98. The first-order valence-corrected chi connectivity index (χ1v) is 7.88. The molecule has 0 saturated heterocycles. The summed E-state index contributed by atoms with van der Waals surface area (Å²) in [5.41, 5.74) is -0.143. The second-order valence-electron chi connectivity index (χ2n) is 5.11. The summed E-state index contributed by atoms with van der Waals surface area (Å²) in [6, 6.07) is 5.64. The molecule has 0 radical (unpaired) electrons. The van der Waals surface area contributed by atoms with Crippen LogP contribution in [0.5, 0.6) is 0 Å². The first-order valence-electron chi connectivity index (χ1n) is 6.44. The Hall–Kier alpha value is -1.93. The predicted molar refractivity (Wildman–Crippen MR) is 77.3 cm³/mol. The smallest absolute Gasteiger partial charge is 0.207 e. The van der Waals surface area contributed by atoms with E-state index in [1.54, 1.807) is 6.92 Å². The number of rotatable bonds is 3. The lowest BCUT2D eigenvalue weighted by molar-refractivity contribution is 0.396. The van der Waals surface area contributed by atoms with Gasteiger partial charge in [0.25, 0.3) is 0 Å². The fourth-order valence-electron chi connectivity index (χ4n) is 2.01. The molecular formula is C15H13F4NO2S. The van der Waals surface area contributed by atoms with Gasteiger partial charge in [-0.3, -0.25) is 0 Å². The van der Waals surface area contributed by atoms with Gasteiger partial charge in [-0.2, -0.15) is 0 Å². The quantitative estimate of drug-likeness (QED) is 0.484. The molecule has 0 bridgehead atoms. The van der Waals surface area contributed by atoms with Crippen molar-refractivity contribution in [1.82, 2.24) is 4.31 Å². The van der Waals surface area contributed by atoms with Crippen LogP contribution in [-0.2, 0) is 10.0 Å². The molecule has 0 amide bonds. The third-order valence-corrected chi connectivity index (χ3v) is 5.16. The molecule has 0 N–H and O–H groups in total. The molecule has 0 unspecified atom stereocenters. The van der Waals surface area contributed by atoms with Gasteiger partial charge in [-0.25, -0.2) is 30.3 Å². The number of nitrogens with zero attached hydrogens (tertiary/aromatic N) is 1. The third kappa shape index (κ3) is 2.84. The van der Waals surface area contributed by atoms with Crippen LogP contribution < -0.4 is 0 Å². The number of aryl methyl sites for hydroxylation is 1. The van der Waals surface area contributed by atoms with Crippen LogP contribution in [0.15, 0.2) is 29.2 Å². The van der Waals surface area contributed by atoms with Gasteiger partial charge in [-0.05, 0) is 12.5 Å². The molecule has 0 spiro atoms. The van der Waals surface area contributed by atoms with Crippen molar-refractivity contribution < 1.29 is 26.0 Å². The highest BCUT2D eigenvalue weighted by atomic mass is 32.2. The first-order chi connectivity index (χ1) is 10.6. The minimum atomic E-state index is -4.55. The van der Waals surface area contributed by atoms with Crippen LogP contribution in [0.25, 0.3) is 11.1 Å². The van der Waals surface area contributed by atoms with E-state index in [1.165, 1.54) is 24.3 Å². The Morgan fingerprint density at radius 2 is 1.30 bits per heavy atom. The van der Waals surface area contributed by atoms with Gasteiger partial charge in [0, 0.05) is 19.7 Å². The highest BCUT2D eigenvalue weighted by Gasteiger charge is 2.34. The van der Waals surface area contributed by atoms with Gasteiger partial charge in [-0.1, -0.05) is 29.8 Å². The Bertz CT molecular complexity index is 862. The zero-order valence-electron chi connectivity index (χ0n) is 12.5. The van der Waals surface area contributed by atoms with Crippen LogP contribution in [0.3, 0.4) is 0 Å². The lowest BCUT2D eigenvalue weighted by atomic mass is 10.0. The largest absolute Gasteiger partial charge is 0.246 e. The Morgan fingerprint density at radius 3 is 1.78 bits per heavy atom. The summed E-state index contributed by atoms with van der Waals surface area (Å²) >= 11 is 0. The van der Waals surface area contributed by atoms with E-state index in [2.05, 4.69) is 0 Å². The van der Waals surface area contributed by atoms with Gasteiger partial charge < -0.3 is 0 Å². The van der Waals surface area contributed by atoms with E-state index < -0.39 is 43.8 Å². The molecule has 0 heterocycles. The summed E-state index contributed by atoms with van der Waals surface area (Å²) in [5.74, 6) is -7.93. The molecule has 0 aliphatic heterocycles. The number of hydrogen-bond donors (Lipinski definition) is 0. The molecule has 0 atom stereocenters. The van der Waals surface area contributed by atoms with E-state index >= 15 is 0 Å². The van der Waals surface area contributed by atoms with Crippen molar-refractivity contribution in [3.63, 3.8) is 0 Å². The number of hydrogen-bond acceptors (Lipinski definition) is 2. The molecule has 0 fully saturated rings. The molecule has 0 aromatic heterocycles. The number of benzene rings is 2. The van der Waals surface area contributed by atoms with E-state index in [0.29, 0.717) is 4.31 Å². The maximum Gasteiger partial charge on any atom is 0.246 e. The summed E-state index contributed by atoms with van der Waals surface area (Å²) in [4.78, 5) is -1.23. The Morgan fingerprint density at radius 1 is 0.826 bits per heavy atom. The van der Waals surface area contributed by atoms with Gasteiger partial charge in [0.2, 0.25) is 10.0 Å². The van der Waals surface area contributed by atoms with E-state index in [1.807, 2.05) is 0 Å². The summed E-state index contributed by atoms with van der Waals surface area (Å²) in [6.07, 6.45) is 0. The highest BCUT2D eigenvalue weighted by molar-refractivity contribution is 7.89. The monoisotopic (exact) mass is 347 g/mol. The van der Waals surface area contributed by atoms with Gasteiger partial charge in [0.15, 0.2) is 23.3 Å². The highest BCUT2D eigenvalue weighted by Crippen LogP contribution is 2.36. The predicted octanol–water partition coefficient (Wildman–Crippen LogP) is 3.47. The molecule has 2 rings (SSSR count). The van der Waals surface area contributed by atoms with Crippen LogP contribution in [0.2, 0.25) is 0 Å². The maximum absolute atomic E-state index is 14.2. The van der Waals surface area contributed by atoms with Crippen molar-refractivity contribution >= 4 is 10.0 Å². The van der Waals surface area contributed by atoms with Crippen LogP contribution in [0.4, 0.5) is 17.6 Å². The third-order valence-electron chi connectivity index (χ3n) is 3.30. The molecule has 8 heteroatoms. The zero-order valence-corrected chi connectivity index (χ0v) is 13.3. The van der Waals surface area contributed by atoms with E-state index in [9.17, 15) is 26.0 Å².